The number of aromatic nitrogens is 2. The summed E-state index contributed by atoms with van der Waals surface area (Å²) in [5.74, 6) is -0.517. The summed E-state index contributed by atoms with van der Waals surface area (Å²) in [5, 5.41) is 5.35. The number of benzene rings is 2. The topological polar surface area (TPSA) is 93.1 Å². The zero-order chi connectivity index (χ0) is 19.2. The lowest BCUT2D eigenvalue weighted by molar-refractivity contribution is -0.117. The van der Waals surface area contributed by atoms with Crippen molar-refractivity contribution >= 4 is 23.2 Å². The molecule has 0 spiro atoms. The highest BCUT2D eigenvalue weighted by molar-refractivity contribution is 5.92. The van der Waals surface area contributed by atoms with Crippen LogP contribution in [-0.4, -0.2) is 21.4 Å². The Morgan fingerprint density at radius 2 is 1.59 bits per heavy atom. The number of nitrogens with one attached hydrogen (secondary N) is 2. The average Bonchev–Trinajstić information content (AvgIpc) is 2.65. The summed E-state index contributed by atoms with van der Waals surface area (Å²) in [5.41, 5.74) is 2.30. The Hall–Kier alpha value is -3.74. The standard InChI is InChI=1S/C20H18N4O3/c1-14(25)22-16-7-9-17(10-8-16)23-19(26)12-24-13-21-18(11-20(24)27)15-5-3-2-4-6-15/h2-11,13H,12H2,1H3,(H,22,25)(H,23,26). The Morgan fingerprint density at radius 1 is 0.963 bits per heavy atom. The summed E-state index contributed by atoms with van der Waals surface area (Å²) in [7, 11) is 0. The van der Waals surface area contributed by atoms with Crippen molar-refractivity contribution in [1.82, 2.24) is 9.55 Å². The molecule has 2 aromatic carbocycles. The second-order valence-corrected chi connectivity index (χ2v) is 5.91. The number of anilines is 2. The number of carbonyl (C=O) groups excluding carboxylic acids is 2. The van der Waals surface area contributed by atoms with Crippen molar-refractivity contribution in [3.63, 3.8) is 0 Å². The molecule has 0 aliphatic carbocycles. The van der Waals surface area contributed by atoms with Crippen LogP contribution in [0.5, 0.6) is 0 Å². The van der Waals surface area contributed by atoms with Gasteiger partial charge in [0.15, 0.2) is 0 Å². The summed E-state index contributed by atoms with van der Waals surface area (Å²) in [6.07, 6.45) is 1.37. The van der Waals surface area contributed by atoms with Gasteiger partial charge in [0, 0.05) is 29.9 Å². The molecule has 1 aromatic heterocycles. The van der Waals surface area contributed by atoms with Crippen molar-refractivity contribution in [2.45, 2.75) is 13.5 Å². The Bertz CT molecular complexity index is 1010. The molecule has 7 nitrogen and oxygen atoms in total. The molecule has 0 saturated heterocycles. The van der Waals surface area contributed by atoms with Gasteiger partial charge in [-0.05, 0) is 24.3 Å². The summed E-state index contributed by atoms with van der Waals surface area (Å²) < 4.78 is 1.24. The van der Waals surface area contributed by atoms with Crippen molar-refractivity contribution in [3.8, 4) is 11.3 Å². The Morgan fingerprint density at radius 3 is 2.19 bits per heavy atom. The highest BCUT2D eigenvalue weighted by Gasteiger charge is 2.08. The molecule has 136 valence electrons. The number of amides is 2. The maximum Gasteiger partial charge on any atom is 0.254 e. The summed E-state index contributed by atoms with van der Waals surface area (Å²) in [4.78, 5) is 39.7. The van der Waals surface area contributed by atoms with E-state index >= 15 is 0 Å². The molecule has 0 bridgehead atoms. The molecule has 2 amide bonds. The van der Waals surface area contributed by atoms with E-state index in [1.54, 1.807) is 24.3 Å². The first-order chi connectivity index (χ1) is 13.0. The third-order valence-corrected chi connectivity index (χ3v) is 3.75. The molecular weight excluding hydrogens is 344 g/mol. The second kappa shape index (κ2) is 8.09. The molecular formula is C20H18N4O3. The van der Waals surface area contributed by atoms with E-state index in [1.807, 2.05) is 30.3 Å². The minimum Gasteiger partial charge on any atom is -0.326 e. The fourth-order valence-electron chi connectivity index (χ4n) is 2.51. The van der Waals surface area contributed by atoms with Crippen LogP contribution in [-0.2, 0) is 16.1 Å². The number of hydrogen-bond donors (Lipinski definition) is 2. The Balaban J connectivity index is 1.65. The van der Waals surface area contributed by atoms with Gasteiger partial charge in [-0.25, -0.2) is 4.98 Å². The van der Waals surface area contributed by atoms with E-state index in [-0.39, 0.29) is 23.9 Å². The lowest BCUT2D eigenvalue weighted by Gasteiger charge is -2.09. The fraction of sp³-hybridized carbons (Fsp3) is 0.100. The number of rotatable bonds is 5. The molecule has 1 heterocycles. The first-order valence-corrected chi connectivity index (χ1v) is 8.31. The first-order valence-electron chi connectivity index (χ1n) is 8.31. The van der Waals surface area contributed by atoms with Crippen LogP contribution in [0.15, 0.2) is 71.8 Å². The average molecular weight is 362 g/mol. The summed E-state index contributed by atoms with van der Waals surface area (Å²) in [6.45, 7) is 1.28. The van der Waals surface area contributed by atoms with Crippen LogP contribution in [0.25, 0.3) is 11.3 Å². The molecule has 0 aliphatic heterocycles. The van der Waals surface area contributed by atoms with Crippen molar-refractivity contribution in [1.29, 1.82) is 0 Å². The SMILES string of the molecule is CC(=O)Nc1ccc(NC(=O)Cn2cnc(-c3ccccc3)cc2=O)cc1. The van der Waals surface area contributed by atoms with E-state index in [0.717, 1.165) is 5.56 Å². The van der Waals surface area contributed by atoms with E-state index in [2.05, 4.69) is 15.6 Å². The monoisotopic (exact) mass is 362 g/mol. The minimum atomic E-state index is -0.348. The highest BCUT2D eigenvalue weighted by Crippen LogP contribution is 2.14. The molecule has 3 aromatic rings. The normalized spacial score (nSPS) is 10.3. The number of carbonyl (C=O) groups is 2. The van der Waals surface area contributed by atoms with Gasteiger partial charge < -0.3 is 10.6 Å². The Kier molecular flexibility index (Phi) is 5.41. The fourth-order valence-corrected chi connectivity index (χ4v) is 2.51. The van der Waals surface area contributed by atoms with Gasteiger partial charge in [-0.15, -0.1) is 0 Å². The van der Waals surface area contributed by atoms with Crippen LogP contribution in [0.2, 0.25) is 0 Å². The molecule has 0 aliphatic rings. The van der Waals surface area contributed by atoms with Crippen LogP contribution < -0.4 is 16.2 Å². The third-order valence-electron chi connectivity index (χ3n) is 3.75. The van der Waals surface area contributed by atoms with Crippen molar-refractivity contribution in [2.75, 3.05) is 10.6 Å². The summed E-state index contributed by atoms with van der Waals surface area (Å²) >= 11 is 0. The van der Waals surface area contributed by atoms with E-state index in [4.69, 9.17) is 0 Å². The quantitative estimate of drug-likeness (QED) is 0.729. The zero-order valence-corrected chi connectivity index (χ0v) is 14.7. The third kappa shape index (κ3) is 4.88. The van der Waals surface area contributed by atoms with Crippen LogP contribution in [0.1, 0.15) is 6.92 Å². The number of hydrogen-bond acceptors (Lipinski definition) is 4. The van der Waals surface area contributed by atoms with Gasteiger partial charge in [-0.2, -0.15) is 0 Å². The highest BCUT2D eigenvalue weighted by atomic mass is 16.2. The predicted octanol–water partition coefficient (Wildman–Crippen LogP) is 2.51. The molecule has 27 heavy (non-hydrogen) atoms. The van der Waals surface area contributed by atoms with Gasteiger partial charge in [-0.3, -0.25) is 19.0 Å². The van der Waals surface area contributed by atoms with Gasteiger partial charge in [0.05, 0.1) is 12.0 Å². The maximum absolute atomic E-state index is 12.3. The van der Waals surface area contributed by atoms with Crippen LogP contribution >= 0.6 is 0 Å². The second-order valence-electron chi connectivity index (χ2n) is 5.91. The molecule has 3 rings (SSSR count). The molecule has 0 unspecified atom stereocenters. The molecule has 2 N–H and O–H groups in total. The van der Waals surface area contributed by atoms with Crippen molar-refractivity contribution < 1.29 is 9.59 Å². The molecule has 0 fully saturated rings. The molecule has 0 saturated carbocycles. The molecule has 7 heteroatoms. The van der Waals surface area contributed by atoms with E-state index < -0.39 is 0 Å². The maximum atomic E-state index is 12.3. The van der Waals surface area contributed by atoms with Crippen LogP contribution in [0, 0.1) is 0 Å². The predicted molar refractivity (Wildman–Crippen MR) is 103 cm³/mol. The Labute approximate surface area is 155 Å². The first kappa shape index (κ1) is 18.1. The van der Waals surface area contributed by atoms with Crippen molar-refractivity contribution in [3.05, 3.63) is 77.3 Å². The largest absolute Gasteiger partial charge is 0.326 e. The summed E-state index contributed by atoms with van der Waals surface area (Å²) in [6, 6.07) is 17.5. The van der Waals surface area contributed by atoms with Gasteiger partial charge in [-0.1, -0.05) is 30.3 Å². The van der Waals surface area contributed by atoms with Gasteiger partial charge in [0.25, 0.3) is 5.56 Å². The smallest absolute Gasteiger partial charge is 0.254 e. The van der Waals surface area contributed by atoms with Crippen LogP contribution in [0.3, 0.4) is 0 Å². The minimum absolute atomic E-state index is 0.144. The molecule has 0 atom stereocenters. The van der Waals surface area contributed by atoms with Gasteiger partial charge in [0.2, 0.25) is 11.8 Å². The van der Waals surface area contributed by atoms with Crippen LogP contribution in [0.4, 0.5) is 11.4 Å². The zero-order valence-electron chi connectivity index (χ0n) is 14.7. The van der Waals surface area contributed by atoms with E-state index in [9.17, 15) is 14.4 Å². The lowest BCUT2D eigenvalue weighted by atomic mass is 10.1. The van der Waals surface area contributed by atoms with E-state index in [1.165, 1.54) is 23.9 Å². The van der Waals surface area contributed by atoms with Crippen molar-refractivity contribution in [2.24, 2.45) is 0 Å². The van der Waals surface area contributed by atoms with E-state index in [0.29, 0.717) is 17.1 Å². The number of nitrogens with zero attached hydrogens (tertiary/aromatic N) is 2. The lowest BCUT2D eigenvalue weighted by Crippen LogP contribution is -2.27. The molecule has 0 radical (unpaired) electrons. The van der Waals surface area contributed by atoms with Gasteiger partial charge in [0.1, 0.15) is 6.54 Å². The van der Waals surface area contributed by atoms with Gasteiger partial charge >= 0.3 is 0 Å².